The molecular formula is C16H13F6N7O. The van der Waals surface area contributed by atoms with Crippen molar-refractivity contribution in [3.05, 3.63) is 57.2 Å². The third kappa shape index (κ3) is 3.96. The van der Waals surface area contributed by atoms with Crippen molar-refractivity contribution in [3.63, 3.8) is 0 Å². The van der Waals surface area contributed by atoms with Gasteiger partial charge < -0.3 is 4.57 Å². The Hall–Kier alpha value is -3.12. The second kappa shape index (κ2) is 7.95. The minimum absolute atomic E-state index is 0.147. The van der Waals surface area contributed by atoms with E-state index in [1.807, 2.05) is 0 Å². The van der Waals surface area contributed by atoms with Crippen molar-refractivity contribution in [1.82, 2.24) is 19.7 Å². The highest BCUT2D eigenvalue weighted by Crippen LogP contribution is 2.33. The maximum Gasteiger partial charge on any atom is 0.451 e. The van der Waals surface area contributed by atoms with E-state index >= 15 is 0 Å². The van der Waals surface area contributed by atoms with Gasteiger partial charge in [-0.1, -0.05) is 5.11 Å². The molecule has 0 amide bonds. The number of benzene rings is 1. The number of halogens is 6. The van der Waals surface area contributed by atoms with Crippen LogP contribution in [-0.4, -0.2) is 38.0 Å². The molecule has 30 heavy (non-hydrogen) atoms. The number of azide groups is 1. The SMILES string of the molecule is CC(N=[N+]=[N-])C(=O)[C@@H](c1cc(F)c(F)cc1F)N1CCn2c(nnc2C(F)(F)F)C1. The summed E-state index contributed by atoms with van der Waals surface area (Å²) in [6, 6.07) is -2.10. The lowest BCUT2D eigenvalue weighted by molar-refractivity contribution is -0.148. The highest BCUT2D eigenvalue weighted by atomic mass is 19.4. The molecule has 0 saturated carbocycles. The molecule has 0 N–H and O–H groups in total. The van der Waals surface area contributed by atoms with Crippen molar-refractivity contribution in [2.75, 3.05) is 6.54 Å². The number of hydrogen-bond acceptors (Lipinski definition) is 5. The molecule has 14 heteroatoms. The predicted molar refractivity (Wildman–Crippen MR) is 88.1 cm³/mol. The number of ketones is 1. The zero-order chi connectivity index (χ0) is 22.2. The first-order valence-electron chi connectivity index (χ1n) is 8.50. The topological polar surface area (TPSA) is 99.8 Å². The number of Topliss-reactive ketones (excluding diaryl/α,β-unsaturated/α-hetero) is 1. The molecule has 1 aromatic heterocycles. The summed E-state index contributed by atoms with van der Waals surface area (Å²) < 4.78 is 81.4. The average molecular weight is 433 g/mol. The van der Waals surface area contributed by atoms with E-state index in [1.165, 1.54) is 11.8 Å². The Balaban J connectivity index is 2.04. The van der Waals surface area contributed by atoms with E-state index in [0.717, 1.165) is 4.57 Å². The van der Waals surface area contributed by atoms with Crippen LogP contribution in [0.25, 0.3) is 10.4 Å². The Morgan fingerprint density at radius 1 is 1.17 bits per heavy atom. The number of hydrogen-bond donors (Lipinski definition) is 0. The van der Waals surface area contributed by atoms with Crippen LogP contribution in [0.5, 0.6) is 0 Å². The van der Waals surface area contributed by atoms with E-state index in [4.69, 9.17) is 5.53 Å². The van der Waals surface area contributed by atoms with Gasteiger partial charge in [-0.2, -0.15) is 13.2 Å². The average Bonchev–Trinajstić information content (AvgIpc) is 3.10. The molecule has 0 fully saturated rings. The smallest absolute Gasteiger partial charge is 0.305 e. The summed E-state index contributed by atoms with van der Waals surface area (Å²) in [5.41, 5.74) is 8.03. The quantitative estimate of drug-likeness (QED) is 0.237. The van der Waals surface area contributed by atoms with Crippen molar-refractivity contribution < 1.29 is 31.1 Å². The van der Waals surface area contributed by atoms with E-state index in [1.54, 1.807) is 0 Å². The molecule has 0 radical (unpaired) electrons. The lowest BCUT2D eigenvalue weighted by Gasteiger charge is -2.35. The van der Waals surface area contributed by atoms with E-state index in [9.17, 15) is 31.1 Å². The zero-order valence-corrected chi connectivity index (χ0v) is 15.2. The van der Waals surface area contributed by atoms with E-state index in [-0.39, 0.29) is 31.5 Å². The van der Waals surface area contributed by atoms with Gasteiger partial charge in [0.15, 0.2) is 17.4 Å². The van der Waals surface area contributed by atoms with Gasteiger partial charge >= 0.3 is 6.18 Å². The largest absolute Gasteiger partial charge is 0.451 e. The highest BCUT2D eigenvalue weighted by Gasteiger charge is 2.41. The third-order valence-electron chi connectivity index (χ3n) is 4.64. The number of fused-ring (bicyclic) bond motifs is 1. The molecule has 0 spiro atoms. The van der Waals surface area contributed by atoms with Crippen LogP contribution < -0.4 is 0 Å². The van der Waals surface area contributed by atoms with Gasteiger partial charge in [0.2, 0.25) is 5.82 Å². The van der Waals surface area contributed by atoms with Crippen molar-refractivity contribution in [2.45, 2.75) is 38.3 Å². The molecule has 0 saturated heterocycles. The Labute approximate surface area is 164 Å². The molecule has 1 unspecified atom stereocenters. The molecule has 2 aromatic rings. The normalized spacial score (nSPS) is 16.5. The number of alkyl halides is 3. The first kappa shape index (κ1) is 21.6. The third-order valence-corrected chi connectivity index (χ3v) is 4.64. The fourth-order valence-corrected chi connectivity index (χ4v) is 3.25. The molecule has 2 heterocycles. The van der Waals surface area contributed by atoms with E-state index in [2.05, 4.69) is 20.2 Å². The van der Waals surface area contributed by atoms with Gasteiger partial charge in [-0.3, -0.25) is 9.69 Å². The summed E-state index contributed by atoms with van der Waals surface area (Å²) in [7, 11) is 0. The molecule has 8 nitrogen and oxygen atoms in total. The number of rotatable bonds is 5. The zero-order valence-electron chi connectivity index (χ0n) is 15.2. The minimum atomic E-state index is -4.75. The maximum absolute atomic E-state index is 14.4. The summed E-state index contributed by atoms with van der Waals surface area (Å²) in [4.78, 5) is 16.6. The highest BCUT2D eigenvalue weighted by molar-refractivity contribution is 5.90. The Bertz CT molecular complexity index is 1030. The summed E-state index contributed by atoms with van der Waals surface area (Å²) in [6.45, 7) is 0.385. The fourth-order valence-electron chi connectivity index (χ4n) is 3.25. The Kier molecular flexibility index (Phi) is 5.72. The summed E-state index contributed by atoms with van der Waals surface area (Å²) in [5.74, 6) is -6.34. The van der Waals surface area contributed by atoms with Crippen molar-refractivity contribution >= 4 is 5.78 Å². The fraction of sp³-hybridized carbons (Fsp3) is 0.438. The second-order valence-corrected chi connectivity index (χ2v) is 6.53. The Morgan fingerprint density at radius 3 is 2.47 bits per heavy atom. The van der Waals surface area contributed by atoms with Gasteiger partial charge in [0.25, 0.3) is 0 Å². The monoisotopic (exact) mass is 433 g/mol. The molecule has 160 valence electrons. The lowest BCUT2D eigenvalue weighted by atomic mass is 9.95. The second-order valence-electron chi connectivity index (χ2n) is 6.53. The van der Waals surface area contributed by atoms with Crippen molar-refractivity contribution in [1.29, 1.82) is 0 Å². The van der Waals surface area contributed by atoms with Gasteiger partial charge in [0.05, 0.1) is 18.6 Å². The molecular weight excluding hydrogens is 420 g/mol. The summed E-state index contributed by atoms with van der Waals surface area (Å²) in [6.07, 6.45) is -4.75. The molecule has 2 atom stereocenters. The van der Waals surface area contributed by atoms with Gasteiger partial charge in [-0.05, 0) is 18.5 Å². The van der Waals surface area contributed by atoms with Crippen LogP contribution in [0.3, 0.4) is 0 Å². The minimum Gasteiger partial charge on any atom is -0.305 e. The van der Waals surface area contributed by atoms with E-state index < -0.39 is 52.9 Å². The molecule has 1 aromatic carbocycles. The maximum atomic E-state index is 14.4. The van der Waals surface area contributed by atoms with Crippen molar-refractivity contribution in [3.8, 4) is 0 Å². The first-order valence-corrected chi connectivity index (χ1v) is 8.50. The van der Waals surface area contributed by atoms with Crippen LogP contribution in [0.1, 0.15) is 30.2 Å². The van der Waals surface area contributed by atoms with Gasteiger partial charge in [0.1, 0.15) is 11.6 Å². The number of aromatic nitrogens is 3. The van der Waals surface area contributed by atoms with Crippen molar-refractivity contribution in [2.24, 2.45) is 5.11 Å². The van der Waals surface area contributed by atoms with Crippen LogP contribution in [0, 0.1) is 17.5 Å². The van der Waals surface area contributed by atoms with Crippen LogP contribution in [0.4, 0.5) is 26.3 Å². The van der Waals surface area contributed by atoms with Gasteiger partial charge in [0, 0.05) is 29.6 Å². The van der Waals surface area contributed by atoms with Crippen LogP contribution in [0.15, 0.2) is 17.2 Å². The standard InChI is InChI=1S/C16H13F6N7O/c1-7(24-27-23)14(30)13(8-4-10(18)11(19)5-9(8)17)28-2-3-29-12(6-28)25-26-15(29)16(20,21)22/h4-5,7,13H,2-3,6H2,1H3/t7?,13-/m1/s1. The van der Waals surface area contributed by atoms with Gasteiger partial charge in [-0.15, -0.1) is 10.2 Å². The molecule has 3 rings (SSSR count). The van der Waals surface area contributed by atoms with Gasteiger partial charge in [-0.25, -0.2) is 13.2 Å². The van der Waals surface area contributed by atoms with Crippen LogP contribution >= 0.6 is 0 Å². The molecule has 1 aliphatic heterocycles. The molecule has 0 aliphatic carbocycles. The van der Waals surface area contributed by atoms with E-state index in [0.29, 0.717) is 6.07 Å². The summed E-state index contributed by atoms with van der Waals surface area (Å²) >= 11 is 0. The van der Waals surface area contributed by atoms with Crippen LogP contribution in [0.2, 0.25) is 0 Å². The number of carbonyl (C=O) groups is 1. The number of carbonyl (C=O) groups excluding carboxylic acids is 1. The van der Waals surface area contributed by atoms with Crippen LogP contribution in [-0.2, 0) is 24.1 Å². The lowest BCUT2D eigenvalue weighted by Crippen LogP contribution is -2.43. The molecule has 1 aliphatic rings. The summed E-state index contributed by atoms with van der Waals surface area (Å²) in [5, 5.41) is 9.84. The predicted octanol–water partition coefficient (Wildman–Crippen LogP) is 3.54. The first-order chi connectivity index (χ1) is 14.0. The number of nitrogens with zero attached hydrogens (tertiary/aromatic N) is 7. The molecule has 0 bridgehead atoms. The Morgan fingerprint density at radius 2 is 1.83 bits per heavy atom.